The molecule has 0 saturated carbocycles. The highest BCUT2D eigenvalue weighted by atomic mass is 19.4. The highest BCUT2D eigenvalue weighted by Crippen LogP contribution is 2.33. The molecule has 0 atom stereocenters. The average Bonchev–Trinajstić information content (AvgIpc) is 2.86. The van der Waals surface area contributed by atoms with Crippen LogP contribution in [0.25, 0.3) is 5.65 Å². The van der Waals surface area contributed by atoms with Gasteiger partial charge in [0.05, 0.1) is 0 Å². The summed E-state index contributed by atoms with van der Waals surface area (Å²) in [7, 11) is 0. The predicted molar refractivity (Wildman–Crippen MR) is 88.5 cm³/mol. The second-order valence-electron chi connectivity index (χ2n) is 5.25. The van der Waals surface area contributed by atoms with Crippen LogP contribution in [0, 0.1) is 17.3 Å². The lowest BCUT2D eigenvalue weighted by atomic mass is 10.1. The van der Waals surface area contributed by atoms with Crippen molar-refractivity contribution in [1.29, 1.82) is 0 Å². The van der Waals surface area contributed by atoms with Gasteiger partial charge in [-0.25, -0.2) is 9.50 Å². The van der Waals surface area contributed by atoms with Gasteiger partial charge in [-0.1, -0.05) is 12.2 Å². The first-order valence-corrected chi connectivity index (χ1v) is 7.11. The third kappa shape index (κ3) is 3.03. The Morgan fingerprint density at radius 1 is 1.27 bits per heavy atom. The summed E-state index contributed by atoms with van der Waals surface area (Å²) in [5, 5.41) is 29.5. The van der Waals surface area contributed by atoms with E-state index in [0.717, 1.165) is 6.07 Å². The molecule has 2 aromatic heterocycles. The summed E-state index contributed by atoms with van der Waals surface area (Å²) in [6.45, 7) is 1.39. The first-order chi connectivity index (χ1) is 12.2. The van der Waals surface area contributed by atoms with E-state index in [4.69, 9.17) is 5.73 Å². The Hall–Kier alpha value is -3.57. The SMILES string of the molecule is Cc1cc(C(F)(F)F)n2nc(N)c(NN=C3C=CC=CC3=[N+]([O-])[O-])c2n1. The van der Waals surface area contributed by atoms with Crippen LogP contribution in [0.5, 0.6) is 0 Å². The number of fused-ring (bicyclic) bond motifs is 1. The molecule has 0 fully saturated rings. The predicted octanol–water partition coefficient (Wildman–Crippen LogP) is 1.98. The normalized spacial score (nSPS) is 15.8. The van der Waals surface area contributed by atoms with E-state index < -0.39 is 16.8 Å². The minimum atomic E-state index is -4.67. The Labute approximate surface area is 143 Å². The summed E-state index contributed by atoms with van der Waals surface area (Å²) in [5.41, 5.74) is 6.57. The molecular formula is C14H11F3N7O2-. The lowest BCUT2D eigenvalue weighted by molar-refractivity contribution is -0.375. The number of nitrogens with one attached hydrogen (secondary N) is 1. The molecule has 0 unspecified atom stereocenters. The standard InChI is InChI=1S/C14H11F3N7O2/c1-7-6-10(14(15,16)17)23-13(19-7)11(12(18)22-23)21-20-8-4-2-3-5-9(8)24(25)26/h2-6,21H,1H3,(H2-,18,22,25,26)/q-1. The van der Waals surface area contributed by atoms with Crippen LogP contribution in [0.2, 0.25) is 0 Å². The first kappa shape index (κ1) is 17.3. The van der Waals surface area contributed by atoms with Crippen LogP contribution in [-0.2, 0) is 6.18 Å². The molecule has 0 amide bonds. The van der Waals surface area contributed by atoms with E-state index in [1.807, 2.05) is 0 Å². The van der Waals surface area contributed by atoms with E-state index in [9.17, 15) is 23.6 Å². The molecule has 1 aliphatic rings. The largest absolute Gasteiger partial charge is 0.612 e. The van der Waals surface area contributed by atoms with Crippen molar-refractivity contribution in [2.75, 3.05) is 11.2 Å². The van der Waals surface area contributed by atoms with Crippen molar-refractivity contribution in [2.24, 2.45) is 5.10 Å². The zero-order valence-electron chi connectivity index (χ0n) is 13.2. The molecule has 3 N–H and O–H groups in total. The van der Waals surface area contributed by atoms with Gasteiger partial charge in [0.15, 0.2) is 17.2 Å². The molecule has 12 heteroatoms. The van der Waals surface area contributed by atoms with Gasteiger partial charge in [0.2, 0.25) is 5.71 Å². The summed E-state index contributed by atoms with van der Waals surface area (Å²) < 4.78 is 40.1. The maximum Gasteiger partial charge on any atom is 0.433 e. The molecule has 0 saturated heterocycles. The first-order valence-electron chi connectivity index (χ1n) is 7.11. The Morgan fingerprint density at radius 2 is 1.96 bits per heavy atom. The van der Waals surface area contributed by atoms with Gasteiger partial charge in [0, 0.05) is 11.8 Å². The third-order valence-corrected chi connectivity index (χ3v) is 3.40. The van der Waals surface area contributed by atoms with Gasteiger partial charge in [-0.3, -0.25) is 5.43 Å². The average molecular weight is 366 g/mol. The summed E-state index contributed by atoms with van der Waals surface area (Å²) in [5.74, 6) is -0.282. The summed E-state index contributed by atoms with van der Waals surface area (Å²) in [6.07, 6.45) is 0.923. The van der Waals surface area contributed by atoms with Crippen molar-refractivity contribution in [1.82, 2.24) is 14.6 Å². The van der Waals surface area contributed by atoms with Crippen LogP contribution >= 0.6 is 0 Å². The zero-order chi connectivity index (χ0) is 19.1. The maximum atomic E-state index is 13.2. The molecule has 3 rings (SSSR count). The zero-order valence-corrected chi connectivity index (χ0v) is 13.2. The molecular weight excluding hydrogens is 355 g/mol. The lowest BCUT2D eigenvalue weighted by Crippen LogP contribution is -2.20. The topological polar surface area (TPSA) is 130 Å². The van der Waals surface area contributed by atoms with Crippen LogP contribution in [0.15, 0.2) is 35.5 Å². The van der Waals surface area contributed by atoms with Crippen molar-refractivity contribution in [3.8, 4) is 0 Å². The highest BCUT2D eigenvalue weighted by Gasteiger charge is 2.35. The minimum Gasteiger partial charge on any atom is -0.612 e. The Balaban J connectivity index is 2.10. The number of nitrogens with zero attached hydrogens (tertiary/aromatic N) is 5. The van der Waals surface area contributed by atoms with Crippen LogP contribution in [-0.4, -0.2) is 30.9 Å². The van der Waals surface area contributed by atoms with Gasteiger partial charge in [0.1, 0.15) is 11.4 Å². The molecule has 136 valence electrons. The monoisotopic (exact) mass is 366 g/mol. The number of hydrazone groups is 1. The van der Waals surface area contributed by atoms with Crippen molar-refractivity contribution in [2.45, 2.75) is 13.1 Å². The van der Waals surface area contributed by atoms with Gasteiger partial charge < -0.3 is 16.1 Å². The van der Waals surface area contributed by atoms with Crippen molar-refractivity contribution < 1.29 is 18.1 Å². The van der Waals surface area contributed by atoms with Gasteiger partial charge in [-0.15, -0.1) is 5.10 Å². The van der Waals surface area contributed by atoms with E-state index in [1.54, 1.807) is 0 Å². The Bertz CT molecular complexity index is 998. The fourth-order valence-corrected chi connectivity index (χ4v) is 2.29. The fraction of sp³-hybridized carbons (Fsp3) is 0.143. The van der Waals surface area contributed by atoms with E-state index in [1.165, 1.54) is 31.2 Å². The van der Waals surface area contributed by atoms with Gasteiger partial charge in [-0.05, 0) is 19.1 Å². The number of nitrogens with two attached hydrogens (primary N) is 1. The number of rotatable bonds is 2. The van der Waals surface area contributed by atoms with Crippen LogP contribution < -0.4 is 11.2 Å². The molecule has 2 aromatic rings. The molecule has 26 heavy (non-hydrogen) atoms. The smallest absolute Gasteiger partial charge is 0.433 e. The van der Waals surface area contributed by atoms with Crippen molar-refractivity contribution in [3.63, 3.8) is 0 Å². The molecule has 9 nitrogen and oxygen atoms in total. The summed E-state index contributed by atoms with van der Waals surface area (Å²) >= 11 is 0. The van der Waals surface area contributed by atoms with E-state index in [0.29, 0.717) is 4.52 Å². The van der Waals surface area contributed by atoms with Crippen LogP contribution in [0.3, 0.4) is 0 Å². The second-order valence-corrected chi connectivity index (χ2v) is 5.25. The quantitative estimate of drug-likeness (QED) is 0.475. The third-order valence-electron chi connectivity index (χ3n) is 3.40. The number of halogens is 3. The number of aromatic nitrogens is 3. The lowest BCUT2D eigenvalue weighted by Gasteiger charge is -2.11. The summed E-state index contributed by atoms with van der Waals surface area (Å²) in [6, 6.07) is 0.836. The van der Waals surface area contributed by atoms with Crippen molar-refractivity contribution in [3.05, 3.63) is 52.2 Å². The number of allylic oxidation sites excluding steroid dienone is 4. The fourth-order valence-electron chi connectivity index (χ4n) is 2.29. The van der Waals surface area contributed by atoms with Gasteiger partial charge in [-0.2, -0.15) is 23.2 Å². The van der Waals surface area contributed by atoms with Crippen LogP contribution in [0.1, 0.15) is 11.4 Å². The highest BCUT2D eigenvalue weighted by molar-refractivity contribution is 6.49. The van der Waals surface area contributed by atoms with E-state index in [2.05, 4.69) is 20.6 Å². The number of aryl methyl sites for hydroxylation is 1. The second kappa shape index (κ2) is 6.06. The van der Waals surface area contributed by atoms with Crippen molar-refractivity contribution >= 4 is 28.6 Å². The van der Waals surface area contributed by atoms with E-state index in [-0.39, 0.29) is 34.3 Å². The number of hydrogen-bond acceptors (Lipinski definition) is 7. The summed E-state index contributed by atoms with van der Waals surface area (Å²) in [4.78, 5) is 3.37. The number of alkyl halides is 3. The molecule has 0 bridgehead atoms. The number of anilines is 2. The minimum absolute atomic E-state index is 0.0278. The maximum absolute atomic E-state index is 13.2. The molecule has 1 aliphatic carbocycles. The molecule has 0 spiro atoms. The van der Waals surface area contributed by atoms with E-state index >= 15 is 0 Å². The van der Waals surface area contributed by atoms with Gasteiger partial charge in [0.25, 0.3) is 0 Å². The number of nitrogen functional groups attached to an aromatic ring is 1. The molecule has 0 aromatic carbocycles. The molecule has 2 heterocycles. The molecule has 0 aliphatic heterocycles. The van der Waals surface area contributed by atoms with Gasteiger partial charge >= 0.3 is 6.18 Å². The molecule has 0 radical (unpaired) electrons. The Morgan fingerprint density at radius 3 is 2.62 bits per heavy atom. The van der Waals surface area contributed by atoms with Crippen LogP contribution in [0.4, 0.5) is 24.7 Å². The Kier molecular flexibility index (Phi) is 4.02. The number of hydrogen-bond donors (Lipinski definition) is 2.